The number of nitrogens with zero attached hydrogens (tertiary/aromatic N) is 4. The summed E-state index contributed by atoms with van der Waals surface area (Å²) in [5, 5.41) is 0.250. The molecule has 0 atom stereocenters. The molecular weight excluding hydrogens is 497 g/mol. The summed E-state index contributed by atoms with van der Waals surface area (Å²) in [4.78, 5) is 24.3. The van der Waals surface area contributed by atoms with Crippen LogP contribution in [0.1, 0.15) is 0 Å². The first-order valence-corrected chi connectivity index (χ1v) is 13.8. The summed E-state index contributed by atoms with van der Waals surface area (Å²) in [6.45, 7) is 8.13. The average Bonchev–Trinajstić information content (AvgIpc) is 2.83. The minimum atomic E-state index is -3.00. The molecule has 2 aromatic carbocycles. The molecule has 0 bridgehead atoms. The Bertz CT molecular complexity index is 1390. The third-order valence-electron chi connectivity index (χ3n) is 5.84. The van der Waals surface area contributed by atoms with Gasteiger partial charge < -0.3 is 19.1 Å². The zero-order valence-electron chi connectivity index (χ0n) is 19.5. The van der Waals surface area contributed by atoms with Crippen molar-refractivity contribution in [1.29, 1.82) is 0 Å². The lowest BCUT2D eigenvalue weighted by Gasteiger charge is -2.35. The van der Waals surface area contributed by atoms with Gasteiger partial charge in [0.05, 0.1) is 17.7 Å². The molecule has 2 heterocycles. The molecule has 1 saturated heterocycles. The minimum absolute atomic E-state index is 0.00253. The van der Waals surface area contributed by atoms with Gasteiger partial charge in [-0.05, 0) is 37.6 Å². The first kappa shape index (κ1) is 25.1. The summed E-state index contributed by atoms with van der Waals surface area (Å²) in [7, 11) is -1.65. The second-order valence-electron chi connectivity index (χ2n) is 8.48. The van der Waals surface area contributed by atoms with E-state index < -0.39 is 18.8 Å². The van der Waals surface area contributed by atoms with Crippen LogP contribution < -0.4 is 15.2 Å². The van der Waals surface area contributed by atoms with Gasteiger partial charge in [-0.3, -0.25) is 4.79 Å². The van der Waals surface area contributed by atoms with Gasteiger partial charge in [0.1, 0.15) is 30.0 Å². The molecule has 0 radical (unpaired) electrons. The van der Waals surface area contributed by atoms with E-state index in [1.807, 2.05) is 4.90 Å². The molecule has 4 rings (SSSR count). The Morgan fingerprint density at radius 2 is 1.86 bits per heavy atom. The summed E-state index contributed by atoms with van der Waals surface area (Å²) in [6.07, 6.45) is 1.26. The standard InChI is InChI=1S/C24H24ClF2N4O3P/c1-5-18(32)30-9-11-31(12-10-30)23-14-13-15(25)19(20-16(26)7-6-8-17(20)34-2)21(27)22(14)28-24(29-23)35(3,4)33/h5-8,13H,1,9-12H2,2-4H3. The topological polar surface area (TPSA) is 75.6 Å². The monoisotopic (exact) mass is 520 g/mol. The molecule has 184 valence electrons. The Morgan fingerprint density at radius 1 is 1.17 bits per heavy atom. The number of aromatic nitrogens is 2. The Labute approximate surface area is 206 Å². The van der Waals surface area contributed by atoms with E-state index in [4.69, 9.17) is 16.3 Å². The third kappa shape index (κ3) is 4.62. The van der Waals surface area contributed by atoms with Crippen molar-refractivity contribution in [3.05, 3.63) is 53.6 Å². The van der Waals surface area contributed by atoms with Gasteiger partial charge in [0, 0.05) is 37.1 Å². The predicted molar refractivity (Wildman–Crippen MR) is 135 cm³/mol. The lowest BCUT2D eigenvalue weighted by atomic mass is 10.0. The lowest BCUT2D eigenvalue weighted by molar-refractivity contribution is -0.126. The molecule has 1 fully saturated rings. The maximum Gasteiger partial charge on any atom is 0.246 e. The van der Waals surface area contributed by atoms with Gasteiger partial charge in [0.15, 0.2) is 11.4 Å². The maximum absolute atomic E-state index is 16.1. The highest BCUT2D eigenvalue weighted by molar-refractivity contribution is 7.69. The molecule has 0 saturated carbocycles. The zero-order valence-corrected chi connectivity index (χ0v) is 21.2. The Balaban J connectivity index is 1.94. The molecule has 1 aliphatic rings. The number of hydrogen-bond donors (Lipinski definition) is 0. The SMILES string of the molecule is C=CC(=O)N1CCN(c2nc(P(C)(C)=O)nc3c(F)c(-c4c(F)cccc4OC)c(Cl)cc23)CC1. The number of amides is 1. The number of fused-ring (bicyclic) bond motifs is 1. The number of piperazine rings is 1. The fourth-order valence-electron chi connectivity index (χ4n) is 4.06. The van der Waals surface area contributed by atoms with Crippen LogP contribution in [-0.2, 0) is 9.36 Å². The van der Waals surface area contributed by atoms with Gasteiger partial charge in [-0.1, -0.05) is 24.2 Å². The molecule has 7 nitrogen and oxygen atoms in total. The Hall–Kier alpha value is -3.03. The second-order valence-corrected chi connectivity index (χ2v) is 12.0. The molecule has 35 heavy (non-hydrogen) atoms. The number of carbonyl (C=O) groups excluding carboxylic acids is 1. The van der Waals surface area contributed by atoms with Gasteiger partial charge in [0.25, 0.3) is 0 Å². The highest BCUT2D eigenvalue weighted by atomic mass is 35.5. The summed E-state index contributed by atoms with van der Waals surface area (Å²) < 4.78 is 49.1. The highest BCUT2D eigenvalue weighted by Gasteiger charge is 2.29. The largest absolute Gasteiger partial charge is 0.496 e. The van der Waals surface area contributed by atoms with E-state index in [2.05, 4.69) is 16.5 Å². The van der Waals surface area contributed by atoms with Crippen LogP contribution in [0.4, 0.5) is 14.6 Å². The van der Waals surface area contributed by atoms with Crippen LogP contribution in [0.5, 0.6) is 5.75 Å². The number of benzene rings is 2. The van der Waals surface area contributed by atoms with Crippen molar-refractivity contribution in [2.24, 2.45) is 0 Å². The van der Waals surface area contributed by atoms with Crippen LogP contribution in [0.15, 0.2) is 36.9 Å². The van der Waals surface area contributed by atoms with Crippen molar-refractivity contribution in [1.82, 2.24) is 14.9 Å². The van der Waals surface area contributed by atoms with Crippen molar-refractivity contribution >= 4 is 46.9 Å². The fourth-order valence-corrected chi connectivity index (χ4v) is 5.03. The second kappa shape index (κ2) is 9.55. The molecule has 0 spiro atoms. The van der Waals surface area contributed by atoms with Crippen LogP contribution in [0.3, 0.4) is 0 Å². The molecule has 1 amide bonds. The first-order valence-electron chi connectivity index (χ1n) is 10.8. The zero-order chi connectivity index (χ0) is 25.5. The maximum atomic E-state index is 16.1. The molecule has 0 N–H and O–H groups in total. The summed E-state index contributed by atoms with van der Waals surface area (Å²) >= 11 is 6.51. The fraction of sp³-hybridized carbons (Fsp3) is 0.292. The van der Waals surface area contributed by atoms with E-state index >= 15 is 4.39 Å². The number of rotatable bonds is 5. The molecule has 1 aromatic heterocycles. The highest BCUT2D eigenvalue weighted by Crippen LogP contribution is 2.43. The number of hydrogen-bond acceptors (Lipinski definition) is 6. The van der Waals surface area contributed by atoms with Crippen LogP contribution in [-0.4, -0.2) is 67.4 Å². The van der Waals surface area contributed by atoms with Crippen LogP contribution >= 0.6 is 18.7 Å². The van der Waals surface area contributed by atoms with E-state index in [0.29, 0.717) is 37.4 Å². The molecule has 0 unspecified atom stereocenters. The molecule has 1 aliphatic heterocycles. The number of methoxy groups -OCH3 is 1. The van der Waals surface area contributed by atoms with Crippen molar-refractivity contribution in [3.63, 3.8) is 0 Å². The van der Waals surface area contributed by atoms with Crippen LogP contribution in [0.2, 0.25) is 5.02 Å². The minimum Gasteiger partial charge on any atom is -0.496 e. The smallest absolute Gasteiger partial charge is 0.246 e. The molecule has 0 aliphatic carbocycles. The Kier molecular flexibility index (Phi) is 6.84. The lowest BCUT2D eigenvalue weighted by Crippen LogP contribution is -2.49. The summed E-state index contributed by atoms with van der Waals surface area (Å²) in [5.74, 6) is -1.29. The molecule has 11 heteroatoms. The van der Waals surface area contributed by atoms with Crippen LogP contribution in [0.25, 0.3) is 22.0 Å². The van der Waals surface area contributed by atoms with E-state index in [9.17, 15) is 13.8 Å². The summed E-state index contributed by atoms with van der Waals surface area (Å²) in [6, 6.07) is 5.62. The molecule has 3 aromatic rings. The van der Waals surface area contributed by atoms with E-state index in [1.54, 1.807) is 4.90 Å². The van der Waals surface area contributed by atoms with Crippen molar-refractivity contribution in [2.75, 3.05) is 51.5 Å². The van der Waals surface area contributed by atoms with E-state index in [-0.39, 0.29) is 38.9 Å². The molecular formula is C24H24ClF2N4O3P. The quantitative estimate of drug-likeness (QED) is 0.368. The third-order valence-corrected chi connectivity index (χ3v) is 7.30. The van der Waals surface area contributed by atoms with Crippen molar-refractivity contribution < 1.29 is 22.9 Å². The number of carbonyl (C=O) groups is 1. The number of anilines is 1. The van der Waals surface area contributed by atoms with Crippen molar-refractivity contribution in [3.8, 4) is 16.9 Å². The summed E-state index contributed by atoms with van der Waals surface area (Å²) in [5.41, 5.74) is -0.456. The Morgan fingerprint density at radius 3 is 2.46 bits per heavy atom. The van der Waals surface area contributed by atoms with Gasteiger partial charge >= 0.3 is 0 Å². The van der Waals surface area contributed by atoms with Crippen LogP contribution in [0, 0.1) is 11.6 Å². The number of ether oxygens (including phenoxy) is 1. The predicted octanol–water partition coefficient (Wildman–Crippen LogP) is 4.32. The van der Waals surface area contributed by atoms with Gasteiger partial charge in [0.2, 0.25) is 5.91 Å². The first-order chi connectivity index (χ1) is 16.6. The normalized spacial score (nSPS) is 14.3. The van der Waals surface area contributed by atoms with Gasteiger partial charge in [-0.25, -0.2) is 18.7 Å². The van der Waals surface area contributed by atoms with Gasteiger partial charge in [-0.15, -0.1) is 0 Å². The number of halogens is 3. The van der Waals surface area contributed by atoms with E-state index in [1.165, 1.54) is 50.8 Å². The van der Waals surface area contributed by atoms with Crippen molar-refractivity contribution in [2.45, 2.75) is 0 Å². The van der Waals surface area contributed by atoms with E-state index in [0.717, 1.165) is 0 Å². The average molecular weight is 521 g/mol. The van der Waals surface area contributed by atoms with Gasteiger partial charge in [-0.2, -0.15) is 0 Å².